The number of nitrogens with one attached hydrogen (secondary N) is 1. The van der Waals surface area contributed by atoms with E-state index >= 15 is 0 Å². The van der Waals surface area contributed by atoms with Gasteiger partial charge < -0.3 is 10.1 Å². The molecule has 1 amide bonds. The molecule has 0 spiro atoms. The highest BCUT2D eigenvalue weighted by atomic mass is 35.5. The van der Waals surface area contributed by atoms with Gasteiger partial charge in [0, 0.05) is 5.02 Å². The van der Waals surface area contributed by atoms with Gasteiger partial charge >= 0.3 is 0 Å². The van der Waals surface area contributed by atoms with Crippen LogP contribution in [0.4, 0.5) is 5.69 Å². The number of anilines is 1. The van der Waals surface area contributed by atoms with Crippen LogP contribution in [0, 0.1) is 20.8 Å². The maximum atomic E-state index is 13.5. The number of carbonyl (C=O) groups excluding carboxylic acids is 1. The third-order valence-corrected chi connectivity index (χ3v) is 7.44. The van der Waals surface area contributed by atoms with Crippen LogP contribution < -0.4 is 14.4 Å². The van der Waals surface area contributed by atoms with E-state index in [4.69, 9.17) is 16.3 Å². The van der Waals surface area contributed by atoms with Gasteiger partial charge in [-0.05, 0) is 87.4 Å². The lowest BCUT2D eigenvalue weighted by Gasteiger charge is -2.25. The summed E-state index contributed by atoms with van der Waals surface area (Å²) >= 11 is 5.94. The van der Waals surface area contributed by atoms with Crippen molar-refractivity contribution in [3.8, 4) is 5.75 Å². The van der Waals surface area contributed by atoms with Crippen LogP contribution in [0.25, 0.3) is 0 Å². The van der Waals surface area contributed by atoms with Crippen molar-refractivity contribution in [2.24, 2.45) is 0 Å². The summed E-state index contributed by atoms with van der Waals surface area (Å²) in [6, 6.07) is 18.5. The molecule has 0 fully saturated rings. The Morgan fingerprint density at radius 2 is 1.62 bits per heavy atom. The second-order valence-corrected chi connectivity index (χ2v) is 10.6. The predicted molar refractivity (Wildman–Crippen MR) is 136 cm³/mol. The van der Waals surface area contributed by atoms with Crippen LogP contribution in [0.1, 0.15) is 23.6 Å². The molecule has 1 atom stereocenters. The van der Waals surface area contributed by atoms with E-state index in [1.165, 1.54) is 24.3 Å². The van der Waals surface area contributed by atoms with Crippen molar-refractivity contribution in [3.05, 3.63) is 88.4 Å². The van der Waals surface area contributed by atoms with Gasteiger partial charge in [-0.15, -0.1) is 0 Å². The zero-order valence-corrected chi connectivity index (χ0v) is 21.3. The standard InChI is InChI=1S/C26H29ClN2O4S/c1-18-5-11-24(12-6-18)33-17-21(4)28-26(30)16-29(23-10-7-19(2)20(3)15-23)34(31,32)25-13-8-22(27)9-14-25/h5-15,21H,16-17H2,1-4H3,(H,28,30). The van der Waals surface area contributed by atoms with Crippen LogP contribution in [0.5, 0.6) is 5.75 Å². The average molecular weight is 501 g/mol. The molecule has 0 aliphatic carbocycles. The molecule has 3 rings (SSSR count). The zero-order valence-electron chi connectivity index (χ0n) is 19.7. The molecular formula is C26H29ClN2O4S. The molecule has 1 unspecified atom stereocenters. The summed E-state index contributed by atoms with van der Waals surface area (Å²) in [6.07, 6.45) is 0. The second kappa shape index (κ2) is 10.9. The minimum Gasteiger partial charge on any atom is -0.491 e. The molecule has 0 radical (unpaired) electrons. The molecule has 0 heterocycles. The molecule has 0 aromatic heterocycles. The predicted octanol–water partition coefficient (Wildman–Crippen LogP) is 5.04. The molecule has 180 valence electrons. The van der Waals surface area contributed by atoms with Crippen molar-refractivity contribution in [2.45, 2.75) is 38.6 Å². The first-order valence-corrected chi connectivity index (χ1v) is 12.7. The summed E-state index contributed by atoms with van der Waals surface area (Å²) in [4.78, 5) is 12.9. The lowest BCUT2D eigenvalue weighted by Crippen LogP contribution is -2.45. The van der Waals surface area contributed by atoms with Crippen molar-refractivity contribution in [1.29, 1.82) is 0 Å². The number of sulfonamides is 1. The van der Waals surface area contributed by atoms with E-state index in [0.29, 0.717) is 16.5 Å². The van der Waals surface area contributed by atoms with E-state index in [-0.39, 0.29) is 24.1 Å². The van der Waals surface area contributed by atoms with Crippen LogP contribution in [0.2, 0.25) is 5.02 Å². The van der Waals surface area contributed by atoms with Crippen LogP contribution in [0.15, 0.2) is 71.6 Å². The summed E-state index contributed by atoms with van der Waals surface area (Å²) in [5, 5.41) is 3.26. The van der Waals surface area contributed by atoms with Crippen LogP contribution >= 0.6 is 11.6 Å². The maximum absolute atomic E-state index is 13.5. The maximum Gasteiger partial charge on any atom is 0.264 e. The van der Waals surface area contributed by atoms with Gasteiger partial charge in [0.25, 0.3) is 10.0 Å². The van der Waals surface area contributed by atoms with Crippen molar-refractivity contribution in [1.82, 2.24) is 5.32 Å². The first-order chi connectivity index (χ1) is 16.1. The number of hydrogen-bond donors (Lipinski definition) is 1. The molecule has 3 aromatic rings. The highest BCUT2D eigenvalue weighted by Gasteiger charge is 2.28. The normalized spacial score (nSPS) is 12.1. The highest BCUT2D eigenvalue weighted by molar-refractivity contribution is 7.92. The molecule has 34 heavy (non-hydrogen) atoms. The Bertz CT molecular complexity index is 1240. The van der Waals surface area contributed by atoms with Crippen molar-refractivity contribution >= 4 is 33.2 Å². The first-order valence-electron chi connectivity index (χ1n) is 10.9. The Morgan fingerprint density at radius 1 is 0.971 bits per heavy atom. The molecule has 0 aliphatic heterocycles. The summed E-state index contributed by atoms with van der Waals surface area (Å²) < 4.78 is 33.8. The quantitative estimate of drug-likeness (QED) is 0.446. The van der Waals surface area contributed by atoms with E-state index < -0.39 is 15.9 Å². The SMILES string of the molecule is Cc1ccc(OCC(C)NC(=O)CN(c2ccc(C)c(C)c2)S(=O)(=O)c2ccc(Cl)cc2)cc1. The van der Waals surface area contributed by atoms with Gasteiger partial charge in [-0.3, -0.25) is 9.10 Å². The minimum absolute atomic E-state index is 0.0543. The molecule has 0 bridgehead atoms. The van der Waals surface area contributed by atoms with Gasteiger partial charge in [-0.25, -0.2) is 8.42 Å². The Morgan fingerprint density at radius 3 is 2.24 bits per heavy atom. The lowest BCUT2D eigenvalue weighted by atomic mass is 10.1. The Labute approximate surface area is 206 Å². The summed E-state index contributed by atoms with van der Waals surface area (Å²) in [6.45, 7) is 7.52. The molecule has 3 aromatic carbocycles. The monoisotopic (exact) mass is 500 g/mol. The van der Waals surface area contributed by atoms with Gasteiger partial charge in [0.05, 0.1) is 16.6 Å². The first kappa shape index (κ1) is 25.6. The Hall–Kier alpha value is -3.03. The fourth-order valence-corrected chi connectivity index (χ4v) is 4.82. The molecule has 6 nitrogen and oxygen atoms in total. The fourth-order valence-electron chi connectivity index (χ4n) is 3.28. The summed E-state index contributed by atoms with van der Waals surface area (Å²) in [7, 11) is -4.01. The Kier molecular flexibility index (Phi) is 8.23. The summed E-state index contributed by atoms with van der Waals surface area (Å²) in [5.74, 6) is 0.268. The lowest BCUT2D eigenvalue weighted by molar-refractivity contribution is -0.120. The topological polar surface area (TPSA) is 75.7 Å². The molecule has 0 saturated heterocycles. The van der Waals surface area contributed by atoms with Crippen LogP contribution in [-0.2, 0) is 14.8 Å². The van der Waals surface area contributed by atoms with Crippen LogP contribution in [-0.4, -0.2) is 33.5 Å². The van der Waals surface area contributed by atoms with Gasteiger partial charge in [0.15, 0.2) is 0 Å². The minimum atomic E-state index is -4.01. The number of rotatable bonds is 9. The van der Waals surface area contributed by atoms with E-state index in [1.807, 2.05) is 51.1 Å². The molecule has 0 saturated carbocycles. The highest BCUT2D eigenvalue weighted by Crippen LogP contribution is 2.26. The van der Waals surface area contributed by atoms with E-state index in [2.05, 4.69) is 5.32 Å². The Balaban J connectivity index is 1.77. The number of benzene rings is 3. The van der Waals surface area contributed by atoms with Crippen molar-refractivity contribution in [3.63, 3.8) is 0 Å². The van der Waals surface area contributed by atoms with E-state index in [9.17, 15) is 13.2 Å². The van der Waals surface area contributed by atoms with Gasteiger partial charge in [0.1, 0.15) is 18.9 Å². The van der Waals surface area contributed by atoms with Gasteiger partial charge in [-0.1, -0.05) is 35.4 Å². The van der Waals surface area contributed by atoms with E-state index in [0.717, 1.165) is 21.0 Å². The zero-order chi connectivity index (χ0) is 24.9. The number of hydrogen-bond acceptors (Lipinski definition) is 4. The third-order valence-electron chi connectivity index (χ3n) is 5.40. The molecular weight excluding hydrogens is 472 g/mol. The largest absolute Gasteiger partial charge is 0.491 e. The van der Waals surface area contributed by atoms with Crippen molar-refractivity contribution in [2.75, 3.05) is 17.5 Å². The second-order valence-electron chi connectivity index (χ2n) is 8.33. The number of nitrogens with zero attached hydrogens (tertiary/aromatic N) is 1. The number of halogens is 1. The van der Waals surface area contributed by atoms with E-state index in [1.54, 1.807) is 19.1 Å². The smallest absolute Gasteiger partial charge is 0.264 e. The summed E-state index contributed by atoms with van der Waals surface area (Å²) in [5.41, 5.74) is 3.49. The molecule has 0 aliphatic rings. The number of ether oxygens (including phenoxy) is 1. The van der Waals surface area contributed by atoms with Gasteiger partial charge in [-0.2, -0.15) is 0 Å². The molecule has 1 N–H and O–H groups in total. The van der Waals surface area contributed by atoms with Crippen molar-refractivity contribution < 1.29 is 17.9 Å². The average Bonchev–Trinajstić information content (AvgIpc) is 2.79. The third kappa shape index (κ3) is 6.52. The van der Waals surface area contributed by atoms with Crippen LogP contribution in [0.3, 0.4) is 0 Å². The van der Waals surface area contributed by atoms with Gasteiger partial charge in [0.2, 0.25) is 5.91 Å². The molecule has 8 heteroatoms. The number of carbonyl (C=O) groups is 1. The number of aryl methyl sites for hydroxylation is 3. The fraction of sp³-hybridized carbons (Fsp3) is 0.269. The number of amides is 1.